The fourth-order valence-electron chi connectivity index (χ4n) is 5.71. The number of nitrogens with one attached hydrogen (secondary N) is 1. The smallest absolute Gasteiger partial charge is 0.310 e. The molecule has 1 unspecified atom stereocenters. The van der Waals surface area contributed by atoms with Gasteiger partial charge in [0.25, 0.3) is 5.91 Å². The van der Waals surface area contributed by atoms with Crippen molar-refractivity contribution >= 4 is 11.9 Å². The van der Waals surface area contributed by atoms with Gasteiger partial charge in [-0.05, 0) is 72.9 Å². The number of hydrogen-bond acceptors (Lipinski definition) is 6. The summed E-state index contributed by atoms with van der Waals surface area (Å²) in [6.07, 6.45) is 9.66. The van der Waals surface area contributed by atoms with E-state index in [2.05, 4.69) is 33.9 Å². The van der Waals surface area contributed by atoms with Crippen LogP contribution >= 0.6 is 0 Å². The maximum absolute atomic E-state index is 13.4. The minimum Gasteiger partial charge on any atom is -0.469 e. The van der Waals surface area contributed by atoms with Gasteiger partial charge in [0.1, 0.15) is 0 Å². The van der Waals surface area contributed by atoms with Crippen LogP contribution in [0.4, 0.5) is 0 Å². The van der Waals surface area contributed by atoms with Gasteiger partial charge in [-0.1, -0.05) is 68.0 Å². The number of pyridine rings is 1. The normalized spacial score (nSPS) is 15.1. The van der Waals surface area contributed by atoms with Gasteiger partial charge >= 0.3 is 5.97 Å². The second kappa shape index (κ2) is 15.0. The first-order valence-electron chi connectivity index (χ1n) is 14.6. The Hall–Kier alpha value is -4.13. The Labute approximate surface area is 243 Å². The molecular weight excluding hydrogens is 512 g/mol. The number of methoxy groups -OCH3 is 1. The number of ether oxygens (including phenoxy) is 1. The number of carbonyl (C=O) groups excluding carboxylic acids is 2. The van der Waals surface area contributed by atoms with Crippen molar-refractivity contribution in [2.24, 2.45) is 17.6 Å². The molecule has 7 nitrogen and oxygen atoms in total. The summed E-state index contributed by atoms with van der Waals surface area (Å²) in [5, 5.41) is 3.20. The predicted molar refractivity (Wildman–Crippen MR) is 163 cm³/mol. The van der Waals surface area contributed by atoms with E-state index < -0.39 is 5.92 Å². The predicted octanol–water partition coefficient (Wildman–Crippen LogP) is 5.58. The summed E-state index contributed by atoms with van der Waals surface area (Å²) in [6, 6.07) is 21.2. The van der Waals surface area contributed by atoms with Crippen LogP contribution in [0.15, 0.2) is 91.5 Å². The summed E-state index contributed by atoms with van der Waals surface area (Å²) >= 11 is 0. The molecule has 7 heteroatoms. The van der Waals surface area contributed by atoms with Gasteiger partial charge in [0.2, 0.25) is 0 Å². The zero-order chi connectivity index (χ0) is 29.0. The van der Waals surface area contributed by atoms with Crippen molar-refractivity contribution < 1.29 is 14.3 Å². The number of nitrogens with zero attached hydrogens (tertiary/aromatic N) is 2. The van der Waals surface area contributed by atoms with Crippen LogP contribution in [-0.2, 0) is 16.0 Å². The molecule has 1 aliphatic heterocycles. The average molecular weight is 555 g/mol. The molecule has 1 aromatic heterocycles. The van der Waals surface area contributed by atoms with E-state index in [0.29, 0.717) is 30.1 Å². The number of rotatable bonds is 13. The van der Waals surface area contributed by atoms with E-state index >= 15 is 0 Å². The Morgan fingerprint density at radius 3 is 2.39 bits per heavy atom. The first-order valence-corrected chi connectivity index (χ1v) is 14.6. The van der Waals surface area contributed by atoms with Gasteiger partial charge in [-0.3, -0.25) is 14.6 Å². The van der Waals surface area contributed by atoms with Gasteiger partial charge < -0.3 is 20.7 Å². The Balaban J connectivity index is 1.44. The van der Waals surface area contributed by atoms with Crippen LogP contribution in [0, 0.1) is 11.8 Å². The summed E-state index contributed by atoms with van der Waals surface area (Å²) in [5.74, 6) is 0.345. The SMILES string of the molecule is C=C(N)N1CCC(CCC[C@@H](C(=O)OC)C(CCc2ccccc2)NC(=O)c2ccc(-c3cccnc3)cc2)CC1. The van der Waals surface area contributed by atoms with Crippen LogP contribution in [0.25, 0.3) is 11.1 Å². The standard InChI is InChI=1S/C34H42N4O3/c1-25(35)38-22-19-27(20-23-38)10-6-12-31(34(40)41-2)32(18-13-26-8-4-3-5-9-26)37-33(39)29-16-14-28(15-17-29)30-11-7-21-36-24-30/h3-5,7-9,11,14-17,21,24,27,31-32H,1,6,10,12-13,18-20,22-23,35H2,2H3,(H,37,39)/t31-,32?/m1/s1. The minimum absolute atomic E-state index is 0.191. The number of nitrogens with two attached hydrogens (primary N) is 1. The molecule has 2 aromatic carbocycles. The molecular formula is C34H42N4O3. The lowest BCUT2D eigenvalue weighted by atomic mass is 9.86. The number of amides is 1. The molecule has 2 heterocycles. The van der Waals surface area contributed by atoms with Crippen molar-refractivity contribution in [3.05, 3.63) is 103 Å². The molecule has 41 heavy (non-hydrogen) atoms. The third kappa shape index (κ3) is 8.68. The van der Waals surface area contributed by atoms with Crippen LogP contribution in [0.3, 0.4) is 0 Å². The average Bonchev–Trinajstić information content (AvgIpc) is 3.02. The Kier molecular flexibility index (Phi) is 10.9. The number of carbonyl (C=O) groups is 2. The topological polar surface area (TPSA) is 97.5 Å². The lowest BCUT2D eigenvalue weighted by Crippen LogP contribution is -2.44. The Bertz CT molecular complexity index is 1260. The first-order chi connectivity index (χ1) is 19.9. The lowest BCUT2D eigenvalue weighted by molar-refractivity contribution is -0.146. The third-order valence-electron chi connectivity index (χ3n) is 8.18. The van der Waals surface area contributed by atoms with Crippen LogP contribution < -0.4 is 11.1 Å². The molecule has 3 aromatic rings. The van der Waals surface area contributed by atoms with E-state index in [1.54, 1.807) is 12.4 Å². The van der Waals surface area contributed by atoms with Crippen LogP contribution in [0.2, 0.25) is 0 Å². The first kappa shape index (κ1) is 29.8. The number of aryl methyl sites for hydroxylation is 1. The van der Waals surface area contributed by atoms with Crippen molar-refractivity contribution in [3.8, 4) is 11.1 Å². The van der Waals surface area contributed by atoms with Crippen molar-refractivity contribution in [2.45, 2.75) is 51.0 Å². The molecule has 1 fully saturated rings. The molecule has 1 amide bonds. The molecule has 4 rings (SSSR count). The second-order valence-electron chi connectivity index (χ2n) is 10.9. The fraction of sp³-hybridized carbons (Fsp3) is 0.382. The molecule has 0 bridgehead atoms. The third-order valence-corrected chi connectivity index (χ3v) is 8.18. The van der Waals surface area contributed by atoms with E-state index in [4.69, 9.17) is 10.5 Å². The number of benzene rings is 2. The second-order valence-corrected chi connectivity index (χ2v) is 10.9. The largest absolute Gasteiger partial charge is 0.469 e. The van der Waals surface area contributed by atoms with Crippen molar-refractivity contribution in [3.63, 3.8) is 0 Å². The van der Waals surface area contributed by atoms with Crippen LogP contribution in [0.1, 0.15) is 54.4 Å². The zero-order valence-corrected chi connectivity index (χ0v) is 24.0. The molecule has 0 spiro atoms. The summed E-state index contributed by atoms with van der Waals surface area (Å²) < 4.78 is 5.25. The number of esters is 1. The van der Waals surface area contributed by atoms with Gasteiger partial charge in [0, 0.05) is 37.1 Å². The Morgan fingerprint density at radius 1 is 1.02 bits per heavy atom. The van der Waals surface area contributed by atoms with E-state index in [0.717, 1.165) is 56.3 Å². The summed E-state index contributed by atoms with van der Waals surface area (Å²) in [5.41, 5.74) is 9.57. The van der Waals surface area contributed by atoms with E-state index in [1.165, 1.54) is 12.7 Å². The van der Waals surface area contributed by atoms with Crippen LogP contribution in [-0.4, -0.2) is 48.0 Å². The van der Waals surface area contributed by atoms with Crippen molar-refractivity contribution in [1.29, 1.82) is 0 Å². The molecule has 3 N–H and O–H groups in total. The monoisotopic (exact) mass is 554 g/mol. The fourth-order valence-corrected chi connectivity index (χ4v) is 5.71. The van der Waals surface area contributed by atoms with Gasteiger partial charge in [0.05, 0.1) is 18.8 Å². The summed E-state index contributed by atoms with van der Waals surface area (Å²) in [7, 11) is 1.43. The van der Waals surface area contributed by atoms with E-state index in [1.807, 2.05) is 54.6 Å². The molecule has 2 atom stereocenters. The summed E-state index contributed by atoms with van der Waals surface area (Å²) in [6.45, 7) is 5.71. The Morgan fingerprint density at radius 2 is 1.76 bits per heavy atom. The van der Waals surface area contributed by atoms with E-state index in [9.17, 15) is 9.59 Å². The number of hydrogen-bond donors (Lipinski definition) is 2. The van der Waals surface area contributed by atoms with Crippen molar-refractivity contribution in [1.82, 2.24) is 15.2 Å². The molecule has 0 saturated carbocycles. The van der Waals surface area contributed by atoms with Crippen LogP contribution in [0.5, 0.6) is 0 Å². The number of piperidine rings is 1. The molecule has 0 aliphatic carbocycles. The quantitative estimate of drug-likeness (QED) is 0.268. The number of aromatic nitrogens is 1. The minimum atomic E-state index is -0.425. The van der Waals surface area contributed by atoms with Gasteiger partial charge in [-0.15, -0.1) is 0 Å². The molecule has 0 radical (unpaired) electrons. The maximum atomic E-state index is 13.4. The van der Waals surface area contributed by atoms with Gasteiger partial charge in [0.15, 0.2) is 0 Å². The zero-order valence-electron chi connectivity index (χ0n) is 24.0. The molecule has 216 valence electrons. The van der Waals surface area contributed by atoms with E-state index in [-0.39, 0.29) is 17.9 Å². The molecule has 1 saturated heterocycles. The highest BCUT2D eigenvalue weighted by molar-refractivity contribution is 5.95. The summed E-state index contributed by atoms with van der Waals surface area (Å²) in [4.78, 5) is 32.8. The lowest BCUT2D eigenvalue weighted by Gasteiger charge is -2.33. The highest BCUT2D eigenvalue weighted by atomic mass is 16.5. The van der Waals surface area contributed by atoms with Crippen molar-refractivity contribution in [2.75, 3.05) is 20.2 Å². The van der Waals surface area contributed by atoms with Gasteiger partial charge in [-0.2, -0.15) is 0 Å². The molecule has 1 aliphatic rings. The van der Waals surface area contributed by atoms with Gasteiger partial charge in [-0.25, -0.2) is 0 Å². The number of likely N-dealkylation sites (tertiary alicyclic amines) is 1. The maximum Gasteiger partial charge on any atom is 0.310 e. The highest BCUT2D eigenvalue weighted by Crippen LogP contribution is 2.27. The highest BCUT2D eigenvalue weighted by Gasteiger charge is 2.31.